The number of alkyl halides is 3. The maximum absolute atomic E-state index is 16.7. The molecule has 0 spiro atoms. The zero-order valence-electron chi connectivity index (χ0n) is 21.0. The Bertz CT molecular complexity index is 1420. The lowest BCUT2D eigenvalue weighted by atomic mass is 9.95. The van der Waals surface area contributed by atoms with Gasteiger partial charge in [-0.25, -0.2) is 13.8 Å². The smallest absolute Gasteiger partial charge is 0.402 e. The molecule has 2 unspecified atom stereocenters. The number of aliphatic hydroxyl groups is 1. The number of nitrogens with one attached hydrogen (secondary N) is 1. The fourth-order valence-corrected chi connectivity index (χ4v) is 6.38. The molecule has 1 saturated heterocycles. The number of anilines is 1. The van der Waals surface area contributed by atoms with Gasteiger partial charge in [-0.05, 0) is 61.2 Å². The lowest BCUT2D eigenvalue weighted by Gasteiger charge is -2.18. The Balaban J connectivity index is 1.68. The maximum Gasteiger partial charge on any atom is 0.573 e. The molecule has 38 heavy (non-hydrogen) atoms. The highest BCUT2D eigenvalue weighted by Gasteiger charge is 2.56. The Morgan fingerprint density at radius 3 is 2.45 bits per heavy atom. The lowest BCUT2D eigenvalue weighted by Crippen LogP contribution is -2.19. The first-order valence-electron chi connectivity index (χ1n) is 12.9. The number of piperidine rings is 1. The predicted molar refractivity (Wildman–Crippen MR) is 132 cm³/mol. The Labute approximate surface area is 216 Å². The number of halogens is 5. The number of pyridine rings is 1. The van der Waals surface area contributed by atoms with E-state index in [1.165, 1.54) is 0 Å². The van der Waals surface area contributed by atoms with Gasteiger partial charge in [0.2, 0.25) is 0 Å². The molecule has 0 amide bonds. The molecule has 3 aliphatic rings. The minimum Gasteiger partial charge on any atom is -0.402 e. The molecule has 1 aliphatic heterocycles. The maximum atomic E-state index is 16.7. The fourth-order valence-electron chi connectivity index (χ4n) is 6.38. The molecule has 2 saturated carbocycles. The third-order valence-electron chi connectivity index (χ3n) is 8.02. The molecule has 2 aromatic heterocycles. The third kappa shape index (κ3) is 4.02. The van der Waals surface area contributed by atoms with E-state index in [1.807, 2.05) is 18.4 Å². The second kappa shape index (κ2) is 8.81. The Morgan fingerprint density at radius 2 is 1.87 bits per heavy atom. The van der Waals surface area contributed by atoms with Crippen molar-refractivity contribution in [2.45, 2.75) is 57.3 Å². The number of nitrogens with two attached hydrogens (primary N) is 1. The molecular weight excluding hydrogens is 507 g/mol. The minimum atomic E-state index is -5.21. The van der Waals surface area contributed by atoms with E-state index in [2.05, 4.69) is 15.0 Å². The second-order valence-electron chi connectivity index (χ2n) is 10.9. The number of hydrogen-bond acceptors (Lipinski definition) is 5. The first kappa shape index (κ1) is 25.4. The number of aromatic nitrogens is 2. The summed E-state index contributed by atoms with van der Waals surface area (Å²) in [6, 6.07) is 1.77. The molecule has 3 heterocycles. The molecule has 6 nitrogen and oxygen atoms in total. The van der Waals surface area contributed by atoms with Crippen LogP contribution in [0.15, 0.2) is 12.1 Å². The molecule has 3 fully saturated rings. The molecule has 2 aliphatic carbocycles. The highest BCUT2D eigenvalue weighted by molar-refractivity contribution is 5.93. The van der Waals surface area contributed by atoms with E-state index in [-0.39, 0.29) is 35.7 Å². The summed E-state index contributed by atoms with van der Waals surface area (Å²) in [6.45, 7) is 5.36. The first-order valence-corrected chi connectivity index (χ1v) is 12.9. The van der Waals surface area contributed by atoms with Crippen LogP contribution in [0.4, 0.5) is 27.6 Å². The van der Waals surface area contributed by atoms with Crippen molar-refractivity contribution in [1.29, 1.82) is 0 Å². The highest BCUT2D eigenvalue weighted by Crippen LogP contribution is 2.60. The van der Waals surface area contributed by atoms with Crippen molar-refractivity contribution in [3.63, 3.8) is 0 Å². The second-order valence-corrected chi connectivity index (χ2v) is 10.9. The molecule has 0 radical (unpaired) electrons. The van der Waals surface area contributed by atoms with E-state index < -0.39 is 35.0 Å². The summed E-state index contributed by atoms with van der Waals surface area (Å²) in [6.07, 6.45) is -3.24. The third-order valence-corrected chi connectivity index (χ3v) is 8.02. The highest BCUT2D eigenvalue weighted by atomic mass is 19.4. The normalized spacial score (nSPS) is 22.9. The van der Waals surface area contributed by atoms with Crippen LogP contribution in [0, 0.1) is 23.5 Å². The number of nitrogens with zero attached hydrogens (tertiary/aromatic N) is 2. The molecule has 2 atom stereocenters. The number of aliphatic hydroxyl groups excluding tert-OH is 1. The molecule has 11 heteroatoms. The van der Waals surface area contributed by atoms with E-state index in [9.17, 15) is 22.7 Å². The Kier molecular flexibility index (Phi) is 5.88. The molecule has 6 rings (SSSR count). The topological polar surface area (TPSA) is 85.3 Å². The Hall–Kier alpha value is -2.92. The van der Waals surface area contributed by atoms with E-state index in [4.69, 9.17) is 5.73 Å². The van der Waals surface area contributed by atoms with E-state index >= 15 is 4.39 Å². The number of ether oxygens (including phenoxy) is 1. The predicted octanol–water partition coefficient (Wildman–Crippen LogP) is 5.39. The van der Waals surface area contributed by atoms with Gasteiger partial charge in [-0.3, -0.25) is 0 Å². The van der Waals surface area contributed by atoms with Gasteiger partial charge in [0, 0.05) is 41.9 Å². The number of rotatable bonds is 7. The number of benzene rings is 1. The van der Waals surface area contributed by atoms with Crippen LogP contribution in [0.1, 0.15) is 61.5 Å². The van der Waals surface area contributed by atoms with Gasteiger partial charge in [0.15, 0.2) is 17.4 Å². The van der Waals surface area contributed by atoms with Gasteiger partial charge >= 0.3 is 6.36 Å². The van der Waals surface area contributed by atoms with Crippen molar-refractivity contribution in [1.82, 2.24) is 14.9 Å². The van der Waals surface area contributed by atoms with Crippen LogP contribution in [0.5, 0.6) is 5.75 Å². The summed E-state index contributed by atoms with van der Waals surface area (Å²) in [7, 11) is 0. The molecule has 0 bridgehead atoms. The zero-order valence-corrected chi connectivity index (χ0v) is 21.0. The van der Waals surface area contributed by atoms with E-state index in [0.29, 0.717) is 35.4 Å². The van der Waals surface area contributed by atoms with Crippen LogP contribution in [-0.2, 0) is 6.42 Å². The largest absolute Gasteiger partial charge is 0.573 e. The van der Waals surface area contributed by atoms with Gasteiger partial charge < -0.3 is 25.5 Å². The lowest BCUT2D eigenvalue weighted by molar-refractivity contribution is -0.275. The van der Waals surface area contributed by atoms with Crippen LogP contribution in [-0.4, -0.2) is 40.7 Å². The monoisotopic (exact) mass is 536 g/mol. The van der Waals surface area contributed by atoms with Crippen molar-refractivity contribution >= 4 is 16.6 Å². The van der Waals surface area contributed by atoms with Crippen LogP contribution in [0.25, 0.3) is 22.2 Å². The van der Waals surface area contributed by atoms with Crippen LogP contribution in [0.2, 0.25) is 0 Å². The summed E-state index contributed by atoms with van der Waals surface area (Å²) in [4.78, 5) is 4.57. The number of fused-ring (bicyclic) bond motifs is 2. The van der Waals surface area contributed by atoms with Crippen LogP contribution in [0.3, 0.4) is 0 Å². The van der Waals surface area contributed by atoms with Crippen molar-refractivity contribution in [3.8, 4) is 17.0 Å². The summed E-state index contributed by atoms with van der Waals surface area (Å²) in [5, 5.41) is 14.0. The summed E-state index contributed by atoms with van der Waals surface area (Å²) >= 11 is 0. The van der Waals surface area contributed by atoms with E-state index in [0.717, 1.165) is 43.3 Å². The molecule has 3 aromatic rings. The van der Waals surface area contributed by atoms with Crippen molar-refractivity contribution in [3.05, 3.63) is 40.7 Å². The van der Waals surface area contributed by atoms with Crippen molar-refractivity contribution in [2.24, 2.45) is 11.8 Å². The summed E-state index contributed by atoms with van der Waals surface area (Å²) < 4.78 is 77.1. The Morgan fingerprint density at radius 1 is 1.18 bits per heavy atom. The number of hydrogen-bond donors (Lipinski definition) is 3. The minimum absolute atomic E-state index is 0.0118. The van der Waals surface area contributed by atoms with Gasteiger partial charge in [0.1, 0.15) is 5.69 Å². The van der Waals surface area contributed by atoms with Crippen molar-refractivity contribution < 1.29 is 31.8 Å². The van der Waals surface area contributed by atoms with Gasteiger partial charge in [-0.2, -0.15) is 0 Å². The molecule has 1 aromatic carbocycles. The fraction of sp³-hybridized carbons (Fsp3) is 0.519. The van der Waals surface area contributed by atoms with Crippen LogP contribution >= 0.6 is 0 Å². The van der Waals surface area contributed by atoms with Crippen LogP contribution < -0.4 is 15.8 Å². The summed E-state index contributed by atoms with van der Waals surface area (Å²) in [5.41, 5.74) is 7.27. The van der Waals surface area contributed by atoms with Crippen molar-refractivity contribution in [2.75, 3.05) is 25.4 Å². The van der Waals surface area contributed by atoms with Gasteiger partial charge in [0.25, 0.3) is 0 Å². The van der Waals surface area contributed by atoms with E-state index in [1.54, 1.807) is 0 Å². The molecule has 204 valence electrons. The average Bonchev–Trinajstić information content (AvgIpc) is 3.70. The number of nitrogen functional groups attached to an aromatic ring is 1. The quantitative estimate of drug-likeness (QED) is 0.279. The standard InChI is InChI=1S/C27H29F5N4O2/c1-11(2)23-21-20(19-15-9-34-10-16(15)19)18(5-6-37)36(13-3-4-13)25(21)22(29)24(35-23)14-7-12(33)8-17(28)26(14)38-27(30,31)32/h7-8,11,13,15-16,19,34,37H,3-6,9-10,33H2,1-2H3. The van der Waals surface area contributed by atoms with Gasteiger partial charge in [-0.15, -0.1) is 13.2 Å². The van der Waals surface area contributed by atoms with Gasteiger partial charge in [0.05, 0.1) is 16.8 Å². The zero-order chi connectivity index (χ0) is 27.1. The summed E-state index contributed by atoms with van der Waals surface area (Å²) in [5.74, 6) is -2.59. The average molecular weight is 537 g/mol. The molecule has 4 N–H and O–H groups in total. The van der Waals surface area contributed by atoms with Gasteiger partial charge in [-0.1, -0.05) is 13.8 Å². The first-order chi connectivity index (χ1) is 18.0. The SMILES string of the molecule is CC(C)c1nc(-c2cc(N)cc(F)c2OC(F)(F)F)c(F)c2c1c(C1C3CNCC31)c(CCO)n2C1CC1. The molecular formula is C27H29F5N4O2.